The summed E-state index contributed by atoms with van der Waals surface area (Å²) in [5.41, 5.74) is 0. The SMILES string of the molecule is BrC1=NC(Br)=C(Br)[N]1. The second-order valence-electron chi connectivity index (χ2n) is 1.07. The molecular weight excluding hydrogens is 304 g/mol. The molecule has 0 fully saturated rings. The van der Waals surface area contributed by atoms with Crippen molar-refractivity contribution in [1.82, 2.24) is 5.32 Å². The Hall–Kier alpha value is 0.650. The maximum Gasteiger partial charge on any atom is 0.198 e. The Morgan fingerprint density at radius 3 is 1.75 bits per heavy atom. The summed E-state index contributed by atoms with van der Waals surface area (Å²) in [5, 5.41) is 3.89. The van der Waals surface area contributed by atoms with Crippen LogP contribution in [0.25, 0.3) is 0 Å². The minimum absolute atomic E-state index is 0.594. The van der Waals surface area contributed by atoms with Crippen molar-refractivity contribution < 1.29 is 0 Å². The number of halogens is 3. The third-order valence-electron chi connectivity index (χ3n) is 0.551. The van der Waals surface area contributed by atoms with Gasteiger partial charge >= 0.3 is 0 Å². The zero-order valence-electron chi connectivity index (χ0n) is 3.53. The number of rotatable bonds is 0. The van der Waals surface area contributed by atoms with Crippen molar-refractivity contribution >= 4 is 52.5 Å². The third-order valence-corrected chi connectivity index (χ3v) is 2.54. The average Bonchev–Trinajstić information content (AvgIpc) is 1.85. The van der Waals surface area contributed by atoms with E-state index in [1.54, 1.807) is 0 Å². The quantitative estimate of drug-likeness (QED) is 0.614. The van der Waals surface area contributed by atoms with E-state index in [-0.39, 0.29) is 0 Å². The molecule has 5 heteroatoms. The molecule has 0 spiro atoms. The van der Waals surface area contributed by atoms with Crippen LogP contribution in [0.5, 0.6) is 0 Å². The second-order valence-corrected chi connectivity index (χ2v) is 3.29. The van der Waals surface area contributed by atoms with Crippen LogP contribution in [0, 0.1) is 0 Å². The van der Waals surface area contributed by atoms with Crippen molar-refractivity contribution in [2.45, 2.75) is 0 Å². The monoisotopic (exact) mass is 301 g/mol. The van der Waals surface area contributed by atoms with Gasteiger partial charge in [-0.15, -0.1) is 0 Å². The van der Waals surface area contributed by atoms with Gasteiger partial charge in [0.2, 0.25) is 0 Å². The Kier molecular flexibility index (Phi) is 2.11. The third kappa shape index (κ3) is 1.33. The minimum atomic E-state index is 0.594. The smallest absolute Gasteiger partial charge is 0.198 e. The Morgan fingerprint density at radius 1 is 1.00 bits per heavy atom. The predicted octanol–water partition coefficient (Wildman–Crippen LogP) is 2.27. The van der Waals surface area contributed by atoms with E-state index in [1.165, 1.54) is 0 Å². The molecule has 0 amide bonds. The number of hydrogen-bond acceptors (Lipinski definition) is 1. The molecule has 0 saturated carbocycles. The molecule has 43 valence electrons. The summed E-state index contributed by atoms with van der Waals surface area (Å²) in [5.74, 6) is 0. The van der Waals surface area contributed by atoms with Crippen LogP contribution in [-0.2, 0) is 0 Å². The van der Waals surface area contributed by atoms with E-state index in [1.807, 2.05) is 0 Å². The van der Waals surface area contributed by atoms with Gasteiger partial charge in [-0.25, -0.2) is 10.3 Å². The van der Waals surface area contributed by atoms with Crippen LogP contribution in [0.1, 0.15) is 0 Å². The van der Waals surface area contributed by atoms with E-state index in [0.29, 0.717) is 4.74 Å². The van der Waals surface area contributed by atoms with Gasteiger partial charge in [0, 0.05) is 0 Å². The molecule has 0 aromatic heterocycles. The van der Waals surface area contributed by atoms with Crippen LogP contribution >= 0.6 is 47.8 Å². The summed E-state index contributed by atoms with van der Waals surface area (Å²) in [6.07, 6.45) is 0. The first-order valence-electron chi connectivity index (χ1n) is 1.71. The first-order valence-corrected chi connectivity index (χ1v) is 4.09. The molecular formula is C3Br3N2. The summed E-state index contributed by atoms with van der Waals surface area (Å²) < 4.78 is 2.05. The van der Waals surface area contributed by atoms with Crippen LogP contribution in [0.4, 0.5) is 0 Å². The van der Waals surface area contributed by atoms with Gasteiger partial charge in [0.05, 0.1) is 0 Å². The fourth-order valence-electron chi connectivity index (χ4n) is 0.279. The van der Waals surface area contributed by atoms with Crippen LogP contribution in [0.3, 0.4) is 0 Å². The van der Waals surface area contributed by atoms with Gasteiger partial charge in [0.1, 0.15) is 9.21 Å². The Morgan fingerprint density at radius 2 is 1.62 bits per heavy atom. The summed E-state index contributed by atoms with van der Waals surface area (Å²) in [4.78, 5) is 3.89. The zero-order valence-corrected chi connectivity index (χ0v) is 8.29. The maximum atomic E-state index is 3.89. The molecule has 0 unspecified atom stereocenters. The van der Waals surface area contributed by atoms with E-state index < -0.39 is 0 Å². The van der Waals surface area contributed by atoms with Gasteiger partial charge in [-0.2, -0.15) is 0 Å². The van der Waals surface area contributed by atoms with Gasteiger partial charge in [-0.3, -0.25) is 0 Å². The molecule has 0 aliphatic carbocycles. The Labute approximate surface area is 71.8 Å². The Bertz CT molecular complexity index is 171. The van der Waals surface area contributed by atoms with Crippen molar-refractivity contribution in [2.24, 2.45) is 4.99 Å². The molecule has 0 saturated heterocycles. The molecule has 2 nitrogen and oxygen atoms in total. The van der Waals surface area contributed by atoms with Crippen molar-refractivity contribution in [3.05, 3.63) is 9.21 Å². The lowest BCUT2D eigenvalue weighted by Gasteiger charge is -1.83. The molecule has 0 aromatic carbocycles. The molecule has 1 radical (unpaired) electrons. The summed E-state index contributed by atoms with van der Waals surface area (Å²) in [7, 11) is 0. The van der Waals surface area contributed by atoms with Crippen molar-refractivity contribution in [3.63, 3.8) is 0 Å². The zero-order chi connectivity index (χ0) is 6.15. The number of amidine groups is 1. The normalized spacial score (nSPS) is 18.6. The van der Waals surface area contributed by atoms with Gasteiger partial charge in [0.25, 0.3) is 0 Å². The number of hydrogen-bond donors (Lipinski definition) is 0. The highest BCUT2D eigenvalue weighted by molar-refractivity contribution is 9.18. The van der Waals surface area contributed by atoms with Crippen molar-refractivity contribution in [2.75, 3.05) is 0 Å². The lowest BCUT2D eigenvalue weighted by atomic mass is 11.0. The lowest BCUT2D eigenvalue weighted by Crippen LogP contribution is -1.97. The molecule has 0 aromatic rings. The van der Waals surface area contributed by atoms with Gasteiger partial charge < -0.3 is 0 Å². The molecule has 1 aliphatic rings. The van der Waals surface area contributed by atoms with Crippen molar-refractivity contribution in [1.29, 1.82) is 0 Å². The molecule has 1 aliphatic heterocycles. The Balaban J connectivity index is 2.79. The standard InChI is InChI=1S/C3Br3N2/c4-1-2(5)8-3(6)7-1. The second kappa shape index (κ2) is 2.49. The summed E-state index contributed by atoms with van der Waals surface area (Å²) in [6, 6.07) is 0. The predicted molar refractivity (Wildman–Crippen MR) is 43.4 cm³/mol. The van der Waals surface area contributed by atoms with E-state index in [2.05, 4.69) is 58.1 Å². The van der Waals surface area contributed by atoms with Crippen LogP contribution in [0.15, 0.2) is 14.2 Å². The van der Waals surface area contributed by atoms with E-state index >= 15 is 0 Å². The highest BCUT2D eigenvalue weighted by Gasteiger charge is 2.11. The molecule has 8 heavy (non-hydrogen) atoms. The summed E-state index contributed by atoms with van der Waals surface area (Å²) in [6.45, 7) is 0. The fraction of sp³-hybridized carbons (Fsp3) is 0. The molecule has 0 atom stereocenters. The molecule has 0 N–H and O–H groups in total. The van der Waals surface area contributed by atoms with Crippen LogP contribution in [0.2, 0.25) is 0 Å². The average molecular weight is 304 g/mol. The molecule has 0 bridgehead atoms. The van der Waals surface area contributed by atoms with Crippen LogP contribution in [-0.4, -0.2) is 4.74 Å². The number of nitrogens with zero attached hydrogens (tertiary/aromatic N) is 2. The maximum absolute atomic E-state index is 3.89. The first kappa shape index (κ1) is 6.77. The minimum Gasteiger partial charge on any atom is -0.212 e. The molecule has 1 rings (SSSR count). The molecule has 1 heterocycles. The largest absolute Gasteiger partial charge is 0.212 e. The fourth-order valence-corrected chi connectivity index (χ4v) is 1.62. The summed E-state index contributed by atoms with van der Waals surface area (Å²) >= 11 is 9.43. The van der Waals surface area contributed by atoms with Crippen molar-refractivity contribution in [3.8, 4) is 0 Å². The lowest BCUT2D eigenvalue weighted by molar-refractivity contribution is 1.31. The topological polar surface area (TPSA) is 26.5 Å². The van der Waals surface area contributed by atoms with Gasteiger partial charge in [-0.1, -0.05) is 0 Å². The van der Waals surface area contributed by atoms with Gasteiger partial charge in [-0.05, 0) is 47.8 Å². The van der Waals surface area contributed by atoms with E-state index in [9.17, 15) is 0 Å². The van der Waals surface area contributed by atoms with Crippen LogP contribution < -0.4 is 5.32 Å². The first-order chi connectivity index (χ1) is 3.70. The van der Waals surface area contributed by atoms with E-state index in [0.717, 1.165) is 9.21 Å². The highest BCUT2D eigenvalue weighted by atomic mass is 79.9. The van der Waals surface area contributed by atoms with Gasteiger partial charge in [0.15, 0.2) is 4.74 Å². The number of aliphatic imine (C=N–C) groups is 1. The highest BCUT2D eigenvalue weighted by Crippen LogP contribution is 2.24. The van der Waals surface area contributed by atoms with E-state index in [4.69, 9.17) is 0 Å².